The monoisotopic (exact) mass is 351 g/mol. The van der Waals surface area contributed by atoms with Gasteiger partial charge in [-0.15, -0.1) is 0 Å². The Morgan fingerprint density at radius 3 is 2.65 bits per heavy atom. The van der Waals surface area contributed by atoms with Crippen LogP contribution in [0.3, 0.4) is 0 Å². The Bertz CT molecular complexity index is 774. The number of hydrogen-bond donors (Lipinski definition) is 1. The Morgan fingerprint density at radius 1 is 1.19 bits per heavy atom. The highest BCUT2D eigenvalue weighted by Crippen LogP contribution is 2.20. The first-order valence-electron chi connectivity index (χ1n) is 9.02. The highest BCUT2D eigenvalue weighted by atomic mass is 16.6. The average molecular weight is 351 g/mol. The van der Waals surface area contributed by atoms with Crippen LogP contribution in [0.5, 0.6) is 0 Å². The molecule has 1 aliphatic rings. The first-order chi connectivity index (χ1) is 12.7. The Labute approximate surface area is 154 Å². The summed E-state index contributed by atoms with van der Waals surface area (Å²) < 4.78 is 0. The molecule has 5 heteroatoms. The first kappa shape index (κ1) is 18.0. The molecule has 5 nitrogen and oxygen atoms in total. The summed E-state index contributed by atoms with van der Waals surface area (Å²) in [6.45, 7) is 5.64. The molecule has 0 saturated heterocycles. The number of carbonyl (C=O) groups is 1. The van der Waals surface area contributed by atoms with Crippen molar-refractivity contribution in [3.8, 4) is 0 Å². The summed E-state index contributed by atoms with van der Waals surface area (Å²) in [4.78, 5) is 19.9. The van der Waals surface area contributed by atoms with Crippen molar-refractivity contribution < 1.29 is 9.63 Å². The lowest BCUT2D eigenvalue weighted by Crippen LogP contribution is -2.43. The predicted molar refractivity (Wildman–Crippen MR) is 103 cm³/mol. The van der Waals surface area contributed by atoms with Crippen LogP contribution in [0.2, 0.25) is 0 Å². The summed E-state index contributed by atoms with van der Waals surface area (Å²) in [7, 11) is 0. The number of aryl methyl sites for hydroxylation is 1. The van der Waals surface area contributed by atoms with E-state index < -0.39 is 0 Å². The molecule has 0 aromatic heterocycles. The van der Waals surface area contributed by atoms with E-state index in [2.05, 4.69) is 29.5 Å². The fourth-order valence-corrected chi connectivity index (χ4v) is 3.11. The highest BCUT2D eigenvalue weighted by molar-refractivity contribution is 6.02. The van der Waals surface area contributed by atoms with Crippen LogP contribution < -0.4 is 5.32 Å². The molecular weight excluding hydrogens is 326 g/mol. The van der Waals surface area contributed by atoms with Crippen LogP contribution in [0.25, 0.3) is 0 Å². The quantitative estimate of drug-likeness (QED) is 0.862. The number of hydrogen-bond acceptors (Lipinski definition) is 3. The van der Waals surface area contributed by atoms with Gasteiger partial charge in [-0.25, -0.2) is 4.79 Å². The molecule has 1 unspecified atom stereocenters. The summed E-state index contributed by atoms with van der Waals surface area (Å²) in [6.07, 6.45) is 0.575. The van der Waals surface area contributed by atoms with E-state index >= 15 is 0 Å². The van der Waals surface area contributed by atoms with Crippen LogP contribution in [0, 0.1) is 6.92 Å². The van der Waals surface area contributed by atoms with Gasteiger partial charge in [0.05, 0.1) is 12.3 Å². The zero-order valence-corrected chi connectivity index (χ0v) is 15.3. The lowest BCUT2D eigenvalue weighted by molar-refractivity contribution is 0.0590. The van der Waals surface area contributed by atoms with Crippen molar-refractivity contribution in [3.05, 3.63) is 71.3 Å². The Hall–Kier alpha value is -2.82. The molecule has 1 heterocycles. The van der Waals surface area contributed by atoms with E-state index in [0.717, 1.165) is 16.8 Å². The second-order valence-electron chi connectivity index (χ2n) is 6.49. The molecule has 0 fully saturated rings. The van der Waals surface area contributed by atoms with E-state index in [0.29, 0.717) is 26.1 Å². The Kier molecular flexibility index (Phi) is 5.89. The van der Waals surface area contributed by atoms with Crippen molar-refractivity contribution >= 4 is 11.7 Å². The highest BCUT2D eigenvalue weighted by Gasteiger charge is 2.27. The van der Waals surface area contributed by atoms with E-state index in [1.54, 1.807) is 4.90 Å². The normalized spacial score (nSPS) is 15.9. The van der Waals surface area contributed by atoms with Gasteiger partial charge >= 0.3 is 6.03 Å². The maximum Gasteiger partial charge on any atom is 0.317 e. The number of amides is 2. The number of oxime groups is 1. The zero-order valence-electron chi connectivity index (χ0n) is 15.3. The van der Waals surface area contributed by atoms with Gasteiger partial charge < -0.3 is 15.1 Å². The lowest BCUT2D eigenvalue weighted by Gasteiger charge is -2.25. The number of nitrogens with zero attached hydrogens (tertiary/aromatic N) is 2. The molecule has 1 N–H and O–H groups in total. The van der Waals surface area contributed by atoms with Gasteiger partial charge in [0.1, 0.15) is 0 Å². The van der Waals surface area contributed by atoms with Crippen LogP contribution >= 0.6 is 0 Å². The molecule has 0 saturated carbocycles. The third-order valence-corrected chi connectivity index (χ3v) is 4.44. The minimum Gasteiger partial charge on any atom is -0.390 e. The fraction of sp³-hybridized carbons (Fsp3) is 0.333. The topological polar surface area (TPSA) is 53.9 Å². The molecule has 136 valence electrons. The van der Waals surface area contributed by atoms with E-state index in [1.807, 2.05) is 49.4 Å². The van der Waals surface area contributed by atoms with Gasteiger partial charge in [0.15, 0.2) is 6.10 Å². The van der Waals surface area contributed by atoms with Crippen LogP contribution in [0.4, 0.5) is 4.79 Å². The molecule has 0 radical (unpaired) electrons. The molecule has 0 bridgehead atoms. The third kappa shape index (κ3) is 4.42. The second-order valence-corrected chi connectivity index (χ2v) is 6.49. The van der Waals surface area contributed by atoms with Gasteiger partial charge in [0.25, 0.3) is 0 Å². The van der Waals surface area contributed by atoms with Crippen molar-refractivity contribution in [2.45, 2.75) is 32.9 Å². The molecule has 26 heavy (non-hydrogen) atoms. The molecule has 2 amide bonds. The Balaban J connectivity index is 1.66. The number of carbonyl (C=O) groups excluding carboxylic acids is 1. The van der Waals surface area contributed by atoms with Crippen LogP contribution in [0.15, 0.2) is 59.8 Å². The molecule has 1 atom stereocenters. The molecule has 0 aliphatic carbocycles. The average Bonchev–Trinajstić information content (AvgIpc) is 3.11. The van der Waals surface area contributed by atoms with Gasteiger partial charge in [0.2, 0.25) is 0 Å². The third-order valence-electron chi connectivity index (χ3n) is 4.44. The fourth-order valence-electron chi connectivity index (χ4n) is 3.11. The van der Waals surface area contributed by atoms with Crippen molar-refractivity contribution in [1.29, 1.82) is 0 Å². The number of nitrogens with one attached hydrogen (secondary N) is 1. The minimum atomic E-state index is -0.129. The van der Waals surface area contributed by atoms with E-state index in [1.165, 1.54) is 5.56 Å². The summed E-state index contributed by atoms with van der Waals surface area (Å²) in [6, 6.07) is 18.1. The van der Waals surface area contributed by atoms with Gasteiger partial charge in [-0.3, -0.25) is 0 Å². The summed E-state index contributed by atoms with van der Waals surface area (Å²) in [5.41, 5.74) is 4.34. The van der Waals surface area contributed by atoms with Gasteiger partial charge in [-0.2, -0.15) is 0 Å². The van der Waals surface area contributed by atoms with Crippen molar-refractivity contribution in [1.82, 2.24) is 10.2 Å². The van der Waals surface area contributed by atoms with Crippen LogP contribution in [-0.4, -0.2) is 35.8 Å². The van der Waals surface area contributed by atoms with E-state index in [4.69, 9.17) is 4.84 Å². The predicted octanol–water partition coefficient (Wildman–Crippen LogP) is 3.72. The lowest BCUT2D eigenvalue weighted by atomic mass is 10.0. The van der Waals surface area contributed by atoms with Gasteiger partial charge in [0, 0.05) is 25.1 Å². The molecule has 2 aromatic rings. The standard InChI is InChI=1S/C21H25N3O2/c1-3-22-21(25)24(14-17-10-5-4-6-11-17)15-18-13-20(23-26-18)19-12-8-7-9-16(19)2/h4-12,18H,3,13-15H2,1-2H3,(H,22,25). The molecular formula is C21H25N3O2. The van der Waals surface area contributed by atoms with Crippen molar-refractivity contribution in [3.63, 3.8) is 0 Å². The summed E-state index contributed by atoms with van der Waals surface area (Å²) in [5, 5.41) is 7.16. The summed E-state index contributed by atoms with van der Waals surface area (Å²) >= 11 is 0. The first-order valence-corrected chi connectivity index (χ1v) is 9.02. The van der Waals surface area contributed by atoms with Gasteiger partial charge in [-0.05, 0) is 25.0 Å². The second kappa shape index (κ2) is 8.52. The SMILES string of the molecule is CCNC(=O)N(Cc1ccccc1)CC1CC(c2ccccc2C)=NO1. The summed E-state index contributed by atoms with van der Waals surface area (Å²) in [5.74, 6) is 0. The number of benzene rings is 2. The number of rotatable bonds is 6. The van der Waals surface area contributed by atoms with Crippen molar-refractivity contribution in [2.75, 3.05) is 13.1 Å². The molecule has 0 spiro atoms. The molecule has 3 rings (SSSR count). The van der Waals surface area contributed by atoms with Gasteiger partial charge in [-0.1, -0.05) is 59.8 Å². The van der Waals surface area contributed by atoms with Crippen LogP contribution in [0.1, 0.15) is 30.0 Å². The van der Waals surface area contributed by atoms with Crippen molar-refractivity contribution in [2.24, 2.45) is 5.16 Å². The Morgan fingerprint density at radius 2 is 1.92 bits per heavy atom. The van der Waals surface area contributed by atoms with E-state index in [9.17, 15) is 4.79 Å². The van der Waals surface area contributed by atoms with E-state index in [-0.39, 0.29) is 12.1 Å². The minimum absolute atomic E-state index is 0.0794. The van der Waals surface area contributed by atoms with Crippen LogP contribution in [-0.2, 0) is 11.4 Å². The molecule has 1 aliphatic heterocycles. The largest absolute Gasteiger partial charge is 0.390 e. The maximum absolute atomic E-state index is 12.5. The maximum atomic E-state index is 12.5. The number of urea groups is 1. The zero-order chi connectivity index (χ0) is 18.4. The molecule has 2 aromatic carbocycles. The smallest absolute Gasteiger partial charge is 0.317 e.